The van der Waals surface area contributed by atoms with Gasteiger partial charge in [0.25, 0.3) is 0 Å². The van der Waals surface area contributed by atoms with Crippen LogP contribution in [-0.4, -0.2) is 42.9 Å². The summed E-state index contributed by atoms with van der Waals surface area (Å²) in [5, 5.41) is 3.47. The maximum atomic E-state index is 13.6. The molecule has 1 N–H and O–H groups in total. The lowest BCUT2D eigenvalue weighted by molar-refractivity contribution is -0.139. The van der Waals surface area contributed by atoms with Crippen LogP contribution in [0.3, 0.4) is 0 Å². The molecule has 1 atom stereocenters. The third-order valence-corrected chi connectivity index (χ3v) is 4.54. The minimum absolute atomic E-state index is 0.00952. The number of fused-ring (bicyclic) bond motifs is 1. The van der Waals surface area contributed by atoms with Crippen molar-refractivity contribution in [2.45, 2.75) is 38.6 Å². The average molecular weight is 322 g/mol. The first-order chi connectivity index (χ1) is 11.0. The maximum Gasteiger partial charge on any atom is 0.219 e. The molecule has 2 heterocycles. The molecule has 1 saturated heterocycles. The molecular formula is C17H23FN2O3. The van der Waals surface area contributed by atoms with Crippen LogP contribution in [0.25, 0.3) is 0 Å². The van der Waals surface area contributed by atoms with Crippen LogP contribution < -0.4 is 5.32 Å². The third kappa shape index (κ3) is 3.71. The number of nitrogens with zero attached hydrogens (tertiary/aromatic N) is 1. The zero-order valence-corrected chi connectivity index (χ0v) is 13.6. The quantitative estimate of drug-likeness (QED) is 0.924. The number of hydrogen-bond donors (Lipinski definition) is 1. The normalized spacial score (nSPS) is 23.4. The minimum Gasteiger partial charge on any atom is -0.347 e. The van der Waals surface area contributed by atoms with E-state index < -0.39 is 5.79 Å². The van der Waals surface area contributed by atoms with Crippen molar-refractivity contribution in [1.82, 2.24) is 10.2 Å². The summed E-state index contributed by atoms with van der Waals surface area (Å²) in [4.78, 5) is 13.5. The summed E-state index contributed by atoms with van der Waals surface area (Å²) in [5.41, 5.74) is 1.89. The molecule has 1 aromatic carbocycles. The minimum atomic E-state index is -0.618. The summed E-state index contributed by atoms with van der Waals surface area (Å²) in [5.74, 6) is -0.884. The van der Waals surface area contributed by atoms with E-state index in [0.29, 0.717) is 32.8 Å². The first kappa shape index (κ1) is 16.4. The number of carbonyl (C=O) groups excluding carboxylic acids is 1. The molecule has 3 rings (SSSR count). The summed E-state index contributed by atoms with van der Waals surface area (Å²) >= 11 is 0. The molecule has 23 heavy (non-hydrogen) atoms. The van der Waals surface area contributed by atoms with Crippen molar-refractivity contribution in [2.75, 3.05) is 26.3 Å². The van der Waals surface area contributed by atoms with Gasteiger partial charge in [0.1, 0.15) is 5.82 Å². The first-order valence-corrected chi connectivity index (χ1v) is 8.02. The van der Waals surface area contributed by atoms with Gasteiger partial charge in [0.15, 0.2) is 5.79 Å². The van der Waals surface area contributed by atoms with Gasteiger partial charge in [-0.15, -0.1) is 0 Å². The second kappa shape index (κ2) is 6.55. The molecule has 1 aromatic rings. The Bertz CT molecular complexity index is 587. The van der Waals surface area contributed by atoms with Crippen LogP contribution in [0.4, 0.5) is 4.39 Å². The molecule has 0 unspecified atom stereocenters. The summed E-state index contributed by atoms with van der Waals surface area (Å²) < 4.78 is 24.9. The van der Waals surface area contributed by atoms with E-state index in [1.165, 1.54) is 12.1 Å². The van der Waals surface area contributed by atoms with Crippen molar-refractivity contribution in [2.24, 2.45) is 0 Å². The van der Waals surface area contributed by atoms with Crippen molar-refractivity contribution in [1.29, 1.82) is 0 Å². The lowest BCUT2D eigenvalue weighted by Gasteiger charge is -2.27. The Morgan fingerprint density at radius 2 is 2.17 bits per heavy atom. The standard InChI is InChI=1S/C17H23FN2O3/c1-12(21)20-6-5-16(19-11-17(2)22-7-8-23-17)15-4-3-14(18)9-13(15)10-20/h3-4,9,16,19H,5-8,10-11H2,1-2H3/t16-/m0/s1. The number of benzene rings is 1. The molecule has 0 spiro atoms. The van der Waals surface area contributed by atoms with Crippen molar-refractivity contribution in [3.8, 4) is 0 Å². The summed E-state index contributed by atoms with van der Waals surface area (Å²) in [7, 11) is 0. The largest absolute Gasteiger partial charge is 0.347 e. The molecule has 1 amide bonds. The maximum absolute atomic E-state index is 13.6. The fourth-order valence-corrected chi connectivity index (χ4v) is 3.22. The van der Waals surface area contributed by atoms with Gasteiger partial charge in [-0.3, -0.25) is 4.79 Å². The molecule has 0 bridgehead atoms. The Hall–Kier alpha value is -1.50. The molecule has 6 heteroatoms. The van der Waals surface area contributed by atoms with E-state index in [-0.39, 0.29) is 17.8 Å². The van der Waals surface area contributed by atoms with Gasteiger partial charge in [-0.25, -0.2) is 4.39 Å². The number of hydrogen-bond acceptors (Lipinski definition) is 4. The summed E-state index contributed by atoms with van der Waals surface area (Å²) in [6.45, 7) is 6.30. The van der Waals surface area contributed by atoms with E-state index in [1.807, 2.05) is 13.0 Å². The number of rotatable bonds is 3. The monoisotopic (exact) mass is 322 g/mol. The molecule has 0 aliphatic carbocycles. The average Bonchev–Trinajstić information content (AvgIpc) is 2.85. The summed E-state index contributed by atoms with van der Waals surface area (Å²) in [6.07, 6.45) is 0.772. The van der Waals surface area contributed by atoms with Gasteiger partial charge in [0.2, 0.25) is 5.91 Å². The van der Waals surface area contributed by atoms with Crippen LogP contribution in [0, 0.1) is 5.82 Å². The molecule has 0 saturated carbocycles. The molecule has 126 valence electrons. The van der Waals surface area contributed by atoms with Crippen LogP contribution in [0.1, 0.15) is 37.4 Å². The number of ether oxygens (including phenoxy) is 2. The lowest BCUT2D eigenvalue weighted by atomic mass is 9.99. The fourth-order valence-electron chi connectivity index (χ4n) is 3.22. The number of carbonyl (C=O) groups is 1. The Kier molecular flexibility index (Phi) is 4.66. The molecule has 0 aromatic heterocycles. The van der Waals surface area contributed by atoms with Gasteiger partial charge in [0, 0.05) is 32.6 Å². The SMILES string of the molecule is CC(=O)N1CC[C@H](NCC2(C)OCCO2)c2ccc(F)cc2C1. The topological polar surface area (TPSA) is 50.8 Å². The lowest BCUT2D eigenvalue weighted by Crippen LogP contribution is -2.40. The highest BCUT2D eigenvalue weighted by Crippen LogP contribution is 2.28. The van der Waals surface area contributed by atoms with Crippen LogP contribution in [0.5, 0.6) is 0 Å². The Labute approximate surface area is 135 Å². The molecule has 0 radical (unpaired) electrons. The van der Waals surface area contributed by atoms with Gasteiger partial charge in [0.05, 0.1) is 13.2 Å². The van der Waals surface area contributed by atoms with Gasteiger partial charge >= 0.3 is 0 Å². The molecular weight excluding hydrogens is 299 g/mol. The second-order valence-corrected chi connectivity index (χ2v) is 6.34. The van der Waals surface area contributed by atoms with Crippen LogP contribution in [-0.2, 0) is 20.8 Å². The van der Waals surface area contributed by atoms with E-state index >= 15 is 0 Å². The number of halogens is 1. The highest BCUT2D eigenvalue weighted by atomic mass is 19.1. The fraction of sp³-hybridized carbons (Fsp3) is 0.588. The zero-order chi connectivity index (χ0) is 16.4. The van der Waals surface area contributed by atoms with Crippen molar-refractivity contribution < 1.29 is 18.7 Å². The van der Waals surface area contributed by atoms with Gasteiger partial charge in [-0.1, -0.05) is 6.07 Å². The van der Waals surface area contributed by atoms with Crippen molar-refractivity contribution in [3.05, 3.63) is 35.1 Å². The summed E-state index contributed by atoms with van der Waals surface area (Å²) in [6, 6.07) is 4.85. The van der Waals surface area contributed by atoms with E-state index in [1.54, 1.807) is 11.8 Å². The number of amides is 1. The smallest absolute Gasteiger partial charge is 0.219 e. The van der Waals surface area contributed by atoms with E-state index in [2.05, 4.69) is 5.32 Å². The van der Waals surface area contributed by atoms with Gasteiger partial charge in [-0.2, -0.15) is 0 Å². The molecule has 5 nitrogen and oxygen atoms in total. The van der Waals surface area contributed by atoms with Crippen molar-refractivity contribution >= 4 is 5.91 Å². The van der Waals surface area contributed by atoms with E-state index in [0.717, 1.165) is 17.5 Å². The van der Waals surface area contributed by atoms with Gasteiger partial charge in [-0.05, 0) is 36.6 Å². The van der Waals surface area contributed by atoms with E-state index in [4.69, 9.17) is 9.47 Å². The first-order valence-electron chi connectivity index (χ1n) is 8.02. The highest BCUT2D eigenvalue weighted by Gasteiger charge is 2.32. The zero-order valence-electron chi connectivity index (χ0n) is 13.6. The second-order valence-electron chi connectivity index (χ2n) is 6.34. The van der Waals surface area contributed by atoms with Gasteiger partial charge < -0.3 is 19.7 Å². The Morgan fingerprint density at radius 1 is 1.43 bits per heavy atom. The predicted octanol–water partition coefficient (Wildman–Crippen LogP) is 1.97. The van der Waals surface area contributed by atoms with Crippen LogP contribution in [0.15, 0.2) is 18.2 Å². The predicted molar refractivity (Wildman–Crippen MR) is 83.2 cm³/mol. The van der Waals surface area contributed by atoms with Crippen molar-refractivity contribution in [3.63, 3.8) is 0 Å². The molecule has 2 aliphatic heterocycles. The van der Waals surface area contributed by atoms with Crippen LogP contribution in [0.2, 0.25) is 0 Å². The molecule has 1 fully saturated rings. The van der Waals surface area contributed by atoms with E-state index in [9.17, 15) is 9.18 Å². The highest BCUT2D eigenvalue weighted by molar-refractivity contribution is 5.73. The van der Waals surface area contributed by atoms with Crippen LogP contribution >= 0.6 is 0 Å². The Morgan fingerprint density at radius 3 is 2.87 bits per heavy atom. The Balaban J connectivity index is 1.79. The number of nitrogens with one attached hydrogen (secondary N) is 1. The molecule has 2 aliphatic rings. The third-order valence-electron chi connectivity index (χ3n) is 4.54.